The number of hydrogen-bond acceptors (Lipinski definition) is 7. The summed E-state index contributed by atoms with van der Waals surface area (Å²) in [6, 6.07) is 9.78. The number of nitrogens with zero attached hydrogens (tertiary/aromatic N) is 4. The molecule has 0 bridgehead atoms. The van der Waals surface area contributed by atoms with Crippen LogP contribution in [-0.2, 0) is 29.9 Å². The Bertz CT molecular complexity index is 1280. The highest BCUT2D eigenvalue weighted by atomic mass is 35.5. The molecule has 0 saturated carbocycles. The maximum absolute atomic E-state index is 13.1. The summed E-state index contributed by atoms with van der Waals surface area (Å²) in [5, 5.41) is 20.9. The quantitative estimate of drug-likeness (QED) is 0.233. The monoisotopic (exact) mass is 590 g/mol. The zero-order valence-electron chi connectivity index (χ0n) is 24.8. The minimum Gasteiger partial charge on any atom is -0.505 e. The number of carbonyl (C=O) groups excluding carboxylic acids is 1. The minimum absolute atomic E-state index is 0.0426. The predicted molar refractivity (Wildman–Crippen MR) is 160 cm³/mol. The highest BCUT2D eigenvalue weighted by Gasteiger charge is 2.39. The van der Waals surface area contributed by atoms with Gasteiger partial charge in [0, 0.05) is 56.5 Å². The van der Waals surface area contributed by atoms with E-state index in [0.29, 0.717) is 67.0 Å². The normalized spacial score (nSPS) is 12.3. The van der Waals surface area contributed by atoms with Gasteiger partial charge in [-0.05, 0) is 68.9 Å². The van der Waals surface area contributed by atoms with Gasteiger partial charge in [0.2, 0.25) is 5.91 Å². The fourth-order valence-electron chi connectivity index (χ4n) is 4.64. The molecule has 1 aromatic heterocycles. The first-order valence-electron chi connectivity index (χ1n) is 14.0. The van der Waals surface area contributed by atoms with Crippen LogP contribution >= 0.6 is 11.6 Å². The Morgan fingerprint density at radius 1 is 1.02 bits per heavy atom. The minimum atomic E-state index is -2.74. The van der Waals surface area contributed by atoms with E-state index >= 15 is 0 Å². The number of phenolic OH excluding ortho intramolecular Hbond substituents is 1. The number of phenols is 1. The van der Waals surface area contributed by atoms with Gasteiger partial charge in [-0.15, -0.1) is 15.0 Å². The van der Waals surface area contributed by atoms with Crippen LogP contribution in [0.25, 0.3) is 16.7 Å². The number of aromatic nitrogens is 3. The lowest BCUT2D eigenvalue weighted by molar-refractivity contribution is -0.129. The molecule has 3 rings (SSSR count). The standard InChI is InChI=1S/C29H43ClN4O5Si/c1-8-37-40(38-9-2,39-10-3)17-11-16-33(7)27(35)15-12-21-18-23(29(4,5)6)28(36)26(19-21)34-31-24-14-13-22(30)20-25(24)32-34/h13-14,18-20,36H,8-12,15-17H2,1-7H3. The SMILES string of the molecule is CCO[Si](CCCN(C)C(=O)CCc1cc(-n2nc3ccc(Cl)cc3n2)c(O)c(C(C)(C)C)c1)(OCC)OCC. The maximum atomic E-state index is 13.1. The van der Waals surface area contributed by atoms with E-state index in [0.717, 1.165) is 17.5 Å². The van der Waals surface area contributed by atoms with Gasteiger partial charge in [0.05, 0.1) is 0 Å². The Kier molecular flexibility index (Phi) is 11.1. The predicted octanol–water partition coefficient (Wildman–Crippen LogP) is 5.91. The Labute approximate surface area is 243 Å². The molecule has 0 spiro atoms. The number of aromatic hydroxyl groups is 1. The number of carbonyl (C=O) groups is 1. The molecule has 0 aliphatic carbocycles. The lowest BCUT2D eigenvalue weighted by atomic mass is 9.84. The summed E-state index contributed by atoms with van der Waals surface area (Å²) in [6.45, 7) is 14.1. The van der Waals surface area contributed by atoms with Crippen LogP contribution in [0.4, 0.5) is 0 Å². The topological polar surface area (TPSA) is 98.9 Å². The van der Waals surface area contributed by atoms with E-state index in [1.165, 1.54) is 4.80 Å². The maximum Gasteiger partial charge on any atom is 0.500 e. The van der Waals surface area contributed by atoms with Crippen molar-refractivity contribution in [3.8, 4) is 11.4 Å². The van der Waals surface area contributed by atoms with Crippen LogP contribution in [0.1, 0.15) is 65.5 Å². The van der Waals surface area contributed by atoms with Crippen LogP contribution < -0.4 is 0 Å². The molecule has 1 N–H and O–H groups in total. The van der Waals surface area contributed by atoms with Crippen molar-refractivity contribution in [2.45, 2.75) is 72.3 Å². The van der Waals surface area contributed by atoms with Gasteiger partial charge in [0.15, 0.2) is 0 Å². The van der Waals surface area contributed by atoms with Gasteiger partial charge in [-0.1, -0.05) is 38.4 Å². The molecule has 40 heavy (non-hydrogen) atoms. The largest absolute Gasteiger partial charge is 0.505 e. The van der Waals surface area contributed by atoms with E-state index in [4.69, 9.17) is 24.9 Å². The molecular formula is C29H43ClN4O5Si. The van der Waals surface area contributed by atoms with Crippen molar-refractivity contribution >= 4 is 37.3 Å². The van der Waals surface area contributed by atoms with Crippen molar-refractivity contribution in [3.05, 3.63) is 46.5 Å². The summed E-state index contributed by atoms with van der Waals surface area (Å²) in [6.07, 6.45) is 1.58. The second kappa shape index (κ2) is 13.9. The molecule has 0 aliphatic heterocycles. The summed E-state index contributed by atoms with van der Waals surface area (Å²) in [5.74, 6) is 0.165. The van der Waals surface area contributed by atoms with Crippen LogP contribution in [0.2, 0.25) is 11.1 Å². The first kappa shape index (κ1) is 32.0. The van der Waals surface area contributed by atoms with Gasteiger partial charge in [-0.3, -0.25) is 4.79 Å². The number of halogens is 1. The summed E-state index contributed by atoms with van der Waals surface area (Å²) >= 11 is 6.13. The number of hydrogen-bond donors (Lipinski definition) is 1. The van der Waals surface area contributed by atoms with Crippen LogP contribution in [0.5, 0.6) is 5.75 Å². The summed E-state index contributed by atoms with van der Waals surface area (Å²) in [7, 11) is -0.915. The molecule has 0 atom stereocenters. The fraction of sp³-hybridized carbons (Fsp3) is 0.552. The van der Waals surface area contributed by atoms with Gasteiger partial charge >= 0.3 is 8.80 Å². The van der Waals surface area contributed by atoms with E-state index in [2.05, 4.69) is 10.2 Å². The van der Waals surface area contributed by atoms with E-state index in [1.807, 2.05) is 60.7 Å². The summed E-state index contributed by atoms with van der Waals surface area (Å²) in [5.41, 5.74) is 3.15. The van der Waals surface area contributed by atoms with Crippen molar-refractivity contribution < 1.29 is 23.2 Å². The zero-order chi connectivity index (χ0) is 29.5. The number of rotatable bonds is 14. The van der Waals surface area contributed by atoms with Gasteiger partial charge in [-0.25, -0.2) is 0 Å². The van der Waals surface area contributed by atoms with Crippen LogP contribution in [0.3, 0.4) is 0 Å². The van der Waals surface area contributed by atoms with Crippen molar-refractivity contribution in [2.24, 2.45) is 0 Å². The first-order chi connectivity index (χ1) is 18.9. The van der Waals surface area contributed by atoms with Crippen LogP contribution in [0, 0.1) is 0 Å². The van der Waals surface area contributed by atoms with Crippen LogP contribution in [0.15, 0.2) is 30.3 Å². The number of fused-ring (bicyclic) bond motifs is 1. The van der Waals surface area contributed by atoms with Gasteiger partial charge in [0.25, 0.3) is 0 Å². The Morgan fingerprint density at radius 3 is 2.25 bits per heavy atom. The molecule has 220 valence electrons. The third kappa shape index (κ3) is 8.04. The fourth-order valence-corrected chi connectivity index (χ4v) is 7.40. The van der Waals surface area contributed by atoms with E-state index in [9.17, 15) is 9.90 Å². The number of amides is 1. The molecule has 0 unspecified atom stereocenters. The lowest BCUT2D eigenvalue weighted by Gasteiger charge is -2.29. The Morgan fingerprint density at radius 2 is 1.65 bits per heavy atom. The molecule has 11 heteroatoms. The average Bonchev–Trinajstić information content (AvgIpc) is 3.30. The summed E-state index contributed by atoms with van der Waals surface area (Å²) < 4.78 is 17.8. The second-order valence-corrected chi connectivity index (χ2v) is 14.0. The van der Waals surface area contributed by atoms with Crippen molar-refractivity contribution in [3.63, 3.8) is 0 Å². The van der Waals surface area contributed by atoms with Crippen molar-refractivity contribution in [1.82, 2.24) is 19.9 Å². The molecular weight excluding hydrogens is 548 g/mol. The molecule has 0 aliphatic rings. The third-order valence-corrected chi connectivity index (χ3v) is 10.0. The number of benzene rings is 2. The zero-order valence-corrected chi connectivity index (χ0v) is 26.5. The Hall–Kier alpha value is -2.50. The highest BCUT2D eigenvalue weighted by Crippen LogP contribution is 2.36. The first-order valence-corrected chi connectivity index (χ1v) is 16.3. The lowest BCUT2D eigenvalue weighted by Crippen LogP contribution is -2.46. The molecule has 3 aromatic rings. The third-order valence-electron chi connectivity index (χ3n) is 6.64. The van der Waals surface area contributed by atoms with Gasteiger partial charge in [0.1, 0.15) is 22.5 Å². The van der Waals surface area contributed by atoms with E-state index in [-0.39, 0.29) is 17.1 Å². The molecule has 0 radical (unpaired) electrons. The number of aryl methyl sites for hydroxylation is 1. The van der Waals surface area contributed by atoms with E-state index in [1.54, 1.807) is 23.1 Å². The molecule has 0 fully saturated rings. The molecule has 1 amide bonds. The molecule has 1 heterocycles. The molecule has 9 nitrogen and oxygen atoms in total. The Balaban J connectivity index is 1.73. The van der Waals surface area contributed by atoms with Gasteiger partial charge < -0.3 is 23.3 Å². The van der Waals surface area contributed by atoms with Crippen LogP contribution in [-0.4, -0.2) is 73.1 Å². The van der Waals surface area contributed by atoms with Crippen molar-refractivity contribution in [1.29, 1.82) is 0 Å². The highest BCUT2D eigenvalue weighted by molar-refractivity contribution is 6.60. The van der Waals surface area contributed by atoms with Crippen molar-refractivity contribution in [2.75, 3.05) is 33.4 Å². The summed E-state index contributed by atoms with van der Waals surface area (Å²) in [4.78, 5) is 16.2. The van der Waals surface area contributed by atoms with Gasteiger partial charge in [-0.2, -0.15) is 0 Å². The second-order valence-electron chi connectivity index (χ2n) is 10.8. The molecule has 2 aromatic carbocycles. The average molecular weight is 591 g/mol. The molecule has 0 saturated heterocycles. The smallest absolute Gasteiger partial charge is 0.500 e. The van der Waals surface area contributed by atoms with E-state index < -0.39 is 8.80 Å².